The Kier molecular flexibility index (Phi) is 6.01. The van der Waals surface area contributed by atoms with Crippen molar-refractivity contribution in [3.63, 3.8) is 0 Å². The fraction of sp³-hybridized carbons (Fsp3) is 0.158. The quantitative estimate of drug-likeness (QED) is 0.278. The third-order valence-electron chi connectivity index (χ3n) is 3.76. The maximum atomic E-state index is 13.2. The van der Waals surface area contributed by atoms with Gasteiger partial charge in [-0.3, -0.25) is 10.1 Å². The molecule has 0 aliphatic heterocycles. The minimum Gasteiger partial charge on any atom is -0.462 e. The Morgan fingerprint density at radius 3 is 2.50 bits per heavy atom. The standard InChI is InChI=1S/C19H13F3N2O5S/c1-2-28-18(25)15-16(23-17(30-15)11-6-4-3-5-7-11)29-12-8-9-14(24(26)27)13(10-12)19(20,21)22/h3-10H,2H2,1H3. The van der Waals surface area contributed by atoms with E-state index in [-0.39, 0.29) is 23.1 Å². The molecule has 0 atom stereocenters. The van der Waals surface area contributed by atoms with E-state index in [1.54, 1.807) is 37.3 Å². The van der Waals surface area contributed by atoms with Crippen molar-refractivity contribution in [1.29, 1.82) is 0 Å². The van der Waals surface area contributed by atoms with Crippen LogP contribution in [0, 0.1) is 10.1 Å². The summed E-state index contributed by atoms with van der Waals surface area (Å²) in [7, 11) is 0. The average Bonchev–Trinajstić information content (AvgIpc) is 3.12. The van der Waals surface area contributed by atoms with Gasteiger partial charge in [0.1, 0.15) is 16.3 Å². The van der Waals surface area contributed by atoms with Gasteiger partial charge >= 0.3 is 12.1 Å². The second-order valence-electron chi connectivity index (χ2n) is 5.78. The molecule has 0 aliphatic rings. The number of benzene rings is 2. The Labute approximate surface area is 171 Å². The molecule has 0 saturated heterocycles. The zero-order valence-electron chi connectivity index (χ0n) is 15.3. The minimum atomic E-state index is -4.97. The number of thiazole rings is 1. The lowest BCUT2D eigenvalue weighted by Gasteiger charge is -2.10. The molecule has 0 radical (unpaired) electrons. The van der Waals surface area contributed by atoms with Crippen LogP contribution in [0.5, 0.6) is 11.6 Å². The van der Waals surface area contributed by atoms with Gasteiger partial charge < -0.3 is 9.47 Å². The number of alkyl halides is 3. The fourth-order valence-corrected chi connectivity index (χ4v) is 3.37. The first-order valence-electron chi connectivity index (χ1n) is 8.47. The highest BCUT2D eigenvalue weighted by atomic mass is 32.1. The topological polar surface area (TPSA) is 91.6 Å². The molecule has 3 rings (SSSR count). The number of nitrogens with zero attached hydrogens (tertiary/aromatic N) is 2. The number of carbonyl (C=O) groups is 1. The summed E-state index contributed by atoms with van der Waals surface area (Å²) in [6.45, 7) is 1.68. The van der Waals surface area contributed by atoms with E-state index in [0.29, 0.717) is 22.7 Å². The van der Waals surface area contributed by atoms with Crippen molar-refractivity contribution >= 4 is 23.0 Å². The molecule has 0 aliphatic carbocycles. The Morgan fingerprint density at radius 2 is 1.90 bits per heavy atom. The molecule has 7 nitrogen and oxygen atoms in total. The Morgan fingerprint density at radius 1 is 1.20 bits per heavy atom. The highest BCUT2D eigenvalue weighted by Crippen LogP contribution is 2.40. The number of carbonyl (C=O) groups excluding carboxylic acids is 1. The molecule has 3 aromatic rings. The zero-order valence-corrected chi connectivity index (χ0v) is 16.1. The summed E-state index contributed by atoms with van der Waals surface area (Å²) in [5, 5.41) is 11.3. The van der Waals surface area contributed by atoms with Crippen LogP contribution in [-0.2, 0) is 10.9 Å². The number of rotatable bonds is 6. The number of hydrogen-bond donors (Lipinski definition) is 0. The van der Waals surface area contributed by atoms with Crippen LogP contribution in [-0.4, -0.2) is 22.5 Å². The van der Waals surface area contributed by atoms with E-state index in [0.717, 1.165) is 17.4 Å². The van der Waals surface area contributed by atoms with E-state index >= 15 is 0 Å². The molecule has 1 aromatic heterocycles. The number of halogens is 3. The van der Waals surface area contributed by atoms with Gasteiger partial charge in [0.2, 0.25) is 5.88 Å². The van der Waals surface area contributed by atoms with Gasteiger partial charge in [0, 0.05) is 17.7 Å². The van der Waals surface area contributed by atoms with Gasteiger partial charge in [-0.25, -0.2) is 9.78 Å². The van der Waals surface area contributed by atoms with Gasteiger partial charge in [-0.2, -0.15) is 13.2 Å². The number of esters is 1. The van der Waals surface area contributed by atoms with Crippen molar-refractivity contribution in [1.82, 2.24) is 4.98 Å². The molecule has 0 unspecified atom stereocenters. The van der Waals surface area contributed by atoms with Crippen LogP contribution < -0.4 is 4.74 Å². The molecule has 2 aromatic carbocycles. The Balaban J connectivity index is 2.04. The van der Waals surface area contributed by atoms with E-state index in [4.69, 9.17) is 9.47 Å². The second-order valence-corrected chi connectivity index (χ2v) is 6.77. The van der Waals surface area contributed by atoms with Crippen LogP contribution in [0.4, 0.5) is 18.9 Å². The first kappa shape index (κ1) is 21.2. The number of aromatic nitrogens is 1. The average molecular weight is 438 g/mol. The predicted molar refractivity (Wildman–Crippen MR) is 102 cm³/mol. The highest BCUT2D eigenvalue weighted by Gasteiger charge is 2.39. The number of nitro benzene ring substituents is 1. The predicted octanol–water partition coefficient (Wildman–Crippen LogP) is 5.71. The van der Waals surface area contributed by atoms with Crippen LogP contribution in [0.1, 0.15) is 22.2 Å². The molecule has 1 heterocycles. The lowest BCUT2D eigenvalue weighted by Crippen LogP contribution is -2.09. The van der Waals surface area contributed by atoms with E-state index in [2.05, 4.69) is 4.98 Å². The Hall–Kier alpha value is -3.47. The molecule has 156 valence electrons. The molecule has 0 saturated carbocycles. The van der Waals surface area contributed by atoms with Gasteiger partial charge in [-0.15, -0.1) is 11.3 Å². The summed E-state index contributed by atoms with van der Waals surface area (Å²) >= 11 is 0.957. The van der Waals surface area contributed by atoms with Crippen molar-refractivity contribution in [3.8, 4) is 22.2 Å². The largest absolute Gasteiger partial charge is 0.462 e. The van der Waals surface area contributed by atoms with E-state index in [1.165, 1.54) is 0 Å². The van der Waals surface area contributed by atoms with Crippen molar-refractivity contribution in [2.45, 2.75) is 13.1 Å². The smallest absolute Gasteiger partial charge is 0.423 e. The molecular weight excluding hydrogens is 425 g/mol. The van der Waals surface area contributed by atoms with Crippen LogP contribution in [0.15, 0.2) is 48.5 Å². The third kappa shape index (κ3) is 4.57. The normalized spacial score (nSPS) is 11.2. The molecule has 0 N–H and O–H groups in total. The number of ether oxygens (including phenoxy) is 2. The zero-order chi connectivity index (χ0) is 21.9. The summed E-state index contributed by atoms with van der Waals surface area (Å²) in [4.78, 5) is 26.2. The lowest BCUT2D eigenvalue weighted by molar-refractivity contribution is -0.388. The monoisotopic (exact) mass is 438 g/mol. The van der Waals surface area contributed by atoms with Gasteiger partial charge in [-0.1, -0.05) is 30.3 Å². The SMILES string of the molecule is CCOC(=O)c1sc(-c2ccccc2)nc1Oc1ccc([N+](=O)[O-])c(C(F)(F)F)c1. The first-order chi connectivity index (χ1) is 14.2. The minimum absolute atomic E-state index is 0.0392. The maximum Gasteiger partial charge on any atom is 0.423 e. The highest BCUT2D eigenvalue weighted by molar-refractivity contribution is 7.17. The van der Waals surface area contributed by atoms with Gasteiger partial charge in [0.25, 0.3) is 5.69 Å². The molecule has 0 spiro atoms. The summed E-state index contributed by atoms with van der Waals surface area (Å²) in [5.41, 5.74) is -1.91. The summed E-state index contributed by atoms with van der Waals surface area (Å²) in [5.74, 6) is -1.35. The van der Waals surface area contributed by atoms with Gasteiger partial charge in [0.15, 0.2) is 4.88 Å². The molecule has 30 heavy (non-hydrogen) atoms. The summed E-state index contributed by atoms with van der Waals surface area (Å²) in [6.07, 6.45) is -4.97. The van der Waals surface area contributed by atoms with Crippen LogP contribution in [0.2, 0.25) is 0 Å². The second kappa shape index (κ2) is 8.49. The van der Waals surface area contributed by atoms with E-state index < -0.39 is 28.3 Å². The molecule has 11 heteroatoms. The maximum absolute atomic E-state index is 13.2. The fourth-order valence-electron chi connectivity index (χ4n) is 2.48. The van der Waals surface area contributed by atoms with E-state index in [1.807, 2.05) is 0 Å². The van der Waals surface area contributed by atoms with Crippen LogP contribution in [0.3, 0.4) is 0 Å². The van der Waals surface area contributed by atoms with Crippen LogP contribution >= 0.6 is 11.3 Å². The van der Waals surface area contributed by atoms with Gasteiger partial charge in [-0.05, 0) is 13.0 Å². The molecular formula is C19H13F3N2O5S. The van der Waals surface area contributed by atoms with Crippen molar-refractivity contribution in [2.75, 3.05) is 6.61 Å². The third-order valence-corrected chi connectivity index (χ3v) is 4.83. The lowest BCUT2D eigenvalue weighted by atomic mass is 10.1. The van der Waals surface area contributed by atoms with Crippen molar-refractivity contribution < 1.29 is 32.4 Å². The van der Waals surface area contributed by atoms with Crippen molar-refractivity contribution in [3.05, 3.63) is 69.1 Å². The Bertz CT molecular complexity index is 1080. The number of hydrogen-bond acceptors (Lipinski definition) is 7. The summed E-state index contributed by atoms with van der Waals surface area (Å²) < 4.78 is 50.0. The first-order valence-corrected chi connectivity index (χ1v) is 9.29. The van der Waals surface area contributed by atoms with E-state index in [9.17, 15) is 28.1 Å². The van der Waals surface area contributed by atoms with Crippen LogP contribution in [0.25, 0.3) is 10.6 Å². The summed E-state index contributed by atoms with van der Waals surface area (Å²) in [6, 6.07) is 11.0. The molecule has 0 bridgehead atoms. The molecule has 0 fully saturated rings. The number of nitro groups is 1. The van der Waals surface area contributed by atoms with Gasteiger partial charge in [0.05, 0.1) is 11.5 Å². The molecule has 0 amide bonds. The van der Waals surface area contributed by atoms with Crippen molar-refractivity contribution in [2.24, 2.45) is 0 Å².